The van der Waals surface area contributed by atoms with Crippen molar-refractivity contribution in [3.8, 4) is 38.4 Å². The zero-order valence-electron chi connectivity index (χ0n) is 23.7. The number of nitrogens with two attached hydrogens (primary N) is 1. The summed E-state index contributed by atoms with van der Waals surface area (Å²) in [6.45, 7) is 1.43. The van der Waals surface area contributed by atoms with Gasteiger partial charge in [0.05, 0.1) is 27.0 Å². The molecule has 5 aromatic rings. The molecule has 2 heterocycles. The van der Waals surface area contributed by atoms with Crippen molar-refractivity contribution in [2.24, 2.45) is 0 Å². The fraction of sp³-hybridized carbons (Fsp3) is 0.133. The van der Waals surface area contributed by atoms with E-state index in [2.05, 4.69) is 20.9 Å². The Labute approximate surface area is 255 Å². The van der Waals surface area contributed by atoms with E-state index in [1.165, 1.54) is 29.6 Å². The average molecular weight is 617 g/mol. The Hall–Kier alpha value is -5.14. The van der Waals surface area contributed by atoms with Crippen molar-refractivity contribution in [3.63, 3.8) is 0 Å². The van der Waals surface area contributed by atoms with E-state index in [1.54, 1.807) is 57.7 Å². The van der Waals surface area contributed by atoms with Crippen LogP contribution in [-0.2, 0) is 4.79 Å². The van der Waals surface area contributed by atoms with Crippen LogP contribution in [0.5, 0.6) is 17.2 Å². The van der Waals surface area contributed by atoms with Gasteiger partial charge < -0.3 is 35.9 Å². The highest BCUT2D eigenvalue weighted by Gasteiger charge is 2.18. The molecule has 5 rings (SSSR count). The van der Waals surface area contributed by atoms with Crippen molar-refractivity contribution >= 4 is 62.5 Å². The van der Waals surface area contributed by atoms with Gasteiger partial charge in [0.15, 0.2) is 16.6 Å². The third-order valence-electron chi connectivity index (χ3n) is 6.15. The number of aromatic nitrogens is 2. The molecule has 43 heavy (non-hydrogen) atoms. The van der Waals surface area contributed by atoms with E-state index in [0.717, 1.165) is 21.1 Å². The first-order valence-corrected chi connectivity index (χ1v) is 14.6. The van der Waals surface area contributed by atoms with E-state index in [-0.39, 0.29) is 11.8 Å². The van der Waals surface area contributed by atoms with Crippen molar-refractivity contribution in [2.75, 3.05) is 43.0 Å². The molecule has 0 saturated carbocycles. The van der Waals surface area contributed by atoms with Gasteiger partial charge in [-0.3, -0.25) is 9.59 Å². The Balaban J connectivity index is 1.31. The van der Waals surface area contributed by atoms with Crippen LogP contribution in [0.1, 0.15) is 17.3 Å². The predicted octanol–water partition coefficient (Wildman–Crippen LogP) is 6.50. The summed E-state index contributed by atoms with van der Waals surface area (Å²) in [4.78, 5) is 34.0. The number of carbonyl (C=O) groups excluding carboxylic acids is 2. The van der Waals surface area contributed by atoms with Crippen LogP contribution in [0.25, 0.3) is 21.1 Å². The molecule has 0 saturated heterocycles. The summed E-state index contributed by atoms with van der Waals surface area (Å²) in [6.07, 6.45) is 0. The van der Waals surface area contributed by atoms with E-state index in [9.17, 15) is 9.59 Å². The van der Waals surface area contributed by atoms with Gasteiger partial charge in [0.25, 0.3) is 5.91 Å². The summed E-state index contributed by atoms with van der Waals surface area (Å²) in [5.41, 5.74) is 10.3. The Morgan fingerprint density at radius 3 is 2.21 bits per heavy atom. The number of benzene rings is 3. The molecule has 0 atom stereocenters. The third kappa shape index (κ3) is 6.68. The van der Waals surface area contributed by atoms with E-state index in [1.807, 2.05) is 29.6 Å². The predicted molar refractivity (Wildman–Crippen MR) is 171 cm³/mol. The van der Waals surface area contributed by atoms with Gasteiger partial charge in [-0.05, 0) is 36.4 Å². The largest absolute Gasteiger partial charge is 0.493 e. The summed E-state index contributed by atoms with van der Waals surface area (Å²) >= 11 is 2.82. The highest BCUT2D eigenvalue weighted by molar-refractivity contribution is 7.23. The number of amides is 2. The van der Waals surface area contributed by atoms with Crippen LogP contribution in [0.2, 0.25) is 0 Å². The normalized spacial score (nSPS) is 10.6. The van der Waals surface area contributed by atoms with Crippen molar-refractivity contribution in [3.05, 3.63) is 71.6 Å². The molecule has 0 radical (unpaired) electrons. The molecule has 11 nitrogen and oxygen atoms in total. The molecular formula is C30H28N6O5S2. The first-order valence-electron chi connectivity index (χ1n) is 12.9. The zero-order valence-corrected chi connectivity index (χ0v) is 25.3. The number of nitrogens with one attached hydrogen (secondary N) is 3. The summed E-state index contributed by atoms with van der Waals surface area (Å²) in [7, 11) is 4.66. The summed E-state index contributed by atoms with van der Waals surface area (Å²) in [5.74, 6) is 1.42. The number of nitrogen functional groups attached to an aromatic ring is 1. The summed E-state index contributed by atoms with van der Waals surface area (Å²) < 4.78 is 16.3. The highest BCUT2D eigenvalue weighted by Crippen LogP contribution is 2.43. The minimum atomic E-state index is -0.268. The number of carbonyl (C=O) groups is 2. The maximum absolute atomic E-state index is 12.8. The monoisotopic (exact) mass is 616 g/mol. The molecule has 3 aromatic carbocycles. The van der Waals surface area contributed by atoms with Crippen molar-refractivity contribution in [2.45, 2.75) is 6.92 Å². The molecule has 0 fully saturated rings. The topological polar surface area (TPSA) is 150 Å². The number of hydrogen-bond donors (Lipinski definition) is 4. The molecule has 220 valence electrons. The molecule has 13 heteroatoms. The number of nitrogens with zero attached hydrogens (tertiary/aromatic N) is 2. The molecular weight excluding hydrogens is 589 g/mol. The lowest BCUT2D eigenvalue weighted by molar-refractivity contribution is -0.114. The van der Waals surface area contributed by atoms with Crippen LogP contribution in [0.4, 0.5) is 28.0 Å². The van der Waals surface area contributed by atoms with E-state index < -0.39 is 0 Å². The quantitative estimate of drug-likeness (QED) is 0.138. The number of rotatable bonds is 10. The molecule has 0 bridgehead atoms. The Morgan fingerprint density at radius 1 is 0.837 bits per heavy atom. The van der Waals surface area contributed by atoms with Crippen LogP contribution >= 0.6 is 22.7 Å². The van der Waals surface area contributed by atoms with Crippen LogP contribution in [0.15, 0.2) is 66.0 Å². The molecule has 0 unspecified atom stereocenters. The van der Waals surface area contributed by atoms with Crippen LogP contribution < -0.4 is 35.9 Å². The van der Waals surface area contributed by atoms with Crippen molar-refractivity contribution in [1.82, 2.24) is 9.97 Å². The summed E-state index contributed by atoms with van der Waals surface area (Å²) in [6, 6.07) is 17.7. The fourth-order valence-electron chi connectivity index (χ4n) is 4.19. The maximum atomic E-state index is 12.8. The molecule has 0 spiro atoms. The van der Waals surface area contributed by atoms with Crippen LogP contribution in [0.3, 0.4) is 0 Å². The van der Waals surface area contributed by atoms with Gasteiger partial charge in [-0.25, -0.2) is 9.97 Å². The minimum Gasteiger partial charge on any atom is -0.493 e. The second-order valence-corrected chi connectivity index (χ2v) is 11.0. The zero-order chi connectivity index (χ0) is 30.5. The number of thiazole rings is 2. The minimum absolute atomic E-state index is 0.176. The van der Waals surface area contributed by atoms with Crippen molar-refractivity contribution < 1.29 is 23.8 Å². The molecule has 0 aliphatic carbocycles. The third-order valence-corrected chi connectivity index (χ3v) is 8.13. The molecule has 5 N–H and O–H groups in total. The van der Waals surface area contributed by atoms with E-state index in [0.29, 0.717) is 50.8 Å². The van der Waals surface area contributed by atoms with Crippen LogP contribution in [-0.4, -0.2) is 43.1 Å². The first-order chi connectivity index (χ1) is 20.8. The Morgan fingerprint density at radius 2 is 1.56 bits per heavy atom. The van der Waals surface area contributed by atoms with Gasteiger partial charge >= 0.3 is 0 Å². The first kappa shape index (κ1) is 29.4. The van der Waals surface area contributed by atoms with E-state index in [4.69, 9.17) is 24.9 Å². The van der Waals surface area contributed by atoms with Crippen LogP contribution in [0, 0.1) is 0 Å². The van der Waals surface area contributed by atoms with Gasteiger partial charge in [-0.1, -0.05) is 23.5 Å². The van der Waals surface area contributed by atoms with E-state index >= 15 is 0 Å². The van der Waals surface area contributed by atoms with Gasteiger partial charge in [0.2, 0.25) is 11.7 Å². The molecule has 2 aromatic heterocycles. The lowest BCUT2D eigenvalue weighted by atomic mass is 10.1. The lowest BCUT2D eigenvalue weighted by Crippen LogP contribution is -2.12. The standard InChI is InChI=1S/C30H28N6O5S2/c1-16(37)32-19-10-8-17(9-11-19)28(38)33-20-7-5-6-18(12-20)22-15-42-29(35-22)26-27(31)36-30(43-26)34-21-13-23(39-2)25(41-4)24(14-21)40-3/h5-15H,31H2,1-4H3,(H,32,37)(H,33,38)(H,34,36). The maximum Gasteiger partial charge on any atom is 0.255 e. The highest BCUT2D eigenvalue weighted by atomic mass is 32.1. The number of hydrogen-bond acceptors (Lipinski definition) is 11. The summed E-state index contributed by atoms with van der Waals surface area (Å²) in [5, 5.41) is 12.1. The Kier molecular flexibility index (Phi) is 8.74. The smallest absolute Gasteiger partial charge is 0.255 e. The van der Waals surface area contributed by atoms with Gasteiger partial charge in [0.1, 0.15) is 15.7 Å². The second kappa shape index (κ2) is 12.8. The number of ether oxygens (including phenoxy) is 3. The average Bonchev–Trinajstić information content (AvgIpc) is 3.63. The molecule has 2 amide bonds. The SMILES string of the molecule is COc1cc(Nc2nc(N)c(-c3nc(-c4cccc(NC(=O)c5ccc(NC(C)=O)cc5)c4)cs3)s2)cc(OC)c1OC. The van der Waals surface area contributed by atoms with Crippen molar-refractivity contribution in [1.29, 1.82) is 0 Å². The van der Waals surface area contributed by atoms with Gasteiger partial charge in [-0.2, -0.15) is 0 Å². The second-order valence-electron chi connectivity index (χ2n) is 9.10. The van der Waals surface area contributed by atoms with Gasteiger partial charge in [-0.15, -0.1) is 11.3 Å². The molecule has 0 aliphatic heterocycles. The lowest BCUT2D eigenvalue weighted by Gasteiger charge is -2.14. The molecule has 0 aliphatic rings. The van der Waals surface area contributed by atoms with Gasteiger partial charge in [0, 0.05) is 52.6 Å². The number of anilines is 5. The fourth-order valence-corrected chi connectivity index (χ4v) is 6.03. The number of methoxy groups -OCH3 is 3. The Bertz CT molecular complexity index is 1760.